The van der Waals surface area contributed by atoms with E-state index in [-0.39, 0.29) is 65.4 Å². The zero-order chi connectivity index (χ0) is 30.4. The third-order valence-corrected chi connectivity index (χ3v) is 6.92. The van der Waals surface area contributed by atoms with Crippen molar-refractivity contribution in [3.63, 3.8) is 0 Å². The lowest BCUT2D eigenvalue weighted by molar-refractivity contribution is 0.0109. The SMILES string of the molecule is CO[C@H]1CN(C)C(=O)c2ccc(NC(=O)Nc3cc(F)ccc3F)cc2OC[C@@H](C)N(C(=O)c2cnccn2)C[C@H]1C. The molecule has 0 saturated heterocycles. The third kappa shape index (κ3) is 7.16. The highest BCUT2D eigenvalue weighted by Crippen LogP contribution is 2.27. The number of aromatic nitrogens is 2. The van der Waals surface area contributed by atoms with Crippen molar-refractivity contribution in [3.05, 3.63) is 77.9 Å². The largest absolute Gasteiger partial charge is 0.491 e. The standard InChI is InChI=1S/C29H32F2N6O5/c1-17-14-37(28(39)24-13-32-9-10-33-24)18(2)16-42-25-12-20(6-7-21(25)27(38)36(3)15-26(17)41-4)34-29(40)35-23-11-19(30)5-8-22(23)31/h5-13,17-18,26H,14-16H2,1-4H3,(H2,34,35,40)/t17-,18-,26+/m1/s1. The maximum Gasteiger partial charge on any atom is 0.323 e. The molecule has 4 rings (SSSR count). The predicted octanol–water partition coefficient (Wildman–Crippen LogP) is 4.05. The van der Waals surface area contributed by atoms with Crippen molar-refractivity contribution in [2.45, 2.75) is 26.0 Å². The van der Waals surface area contributed by atoms with Gasteiger partial charge in [0.1, 0.15) is 29.7 Å². The summed E-state index contributed by atoms with van der Waals surface area (Å²) in [6, 6.07) is 5.84. The predicted molar refractivity (Wildman–Crippen MR) is 150 cm³/mol. The van der Waals surface area contributed by atoms with Crippen LogP contribution in [0.2, 0.25) is 0 Å². The molecule has 0 fully saturated rings. The van der Waals surface area contributed by atoms with Gasteiger partial charge in [-0.25, -0.2) is 18.6 Å². The normalized spacial score (nSPS) is 19.6. The Kier molecular flexibility index (Phi) is 9.63. The van der Waals surface area contributed by atoms with Crippen molar-refractivity contribution >= 4 is 29.2 Å². The minimum absolute atomic E-state index is 0.00448. The van der Waals surface area contributed by atoms with Gasteiger partial charge in [-0.15, -0.1) is 0 Å². The molecular formula is C29H32F2N6O5. The summed E-state index contributed by atoms with van der Waals surface area (Å²) < 4.78 is 39.3. The summed E-state index contributed by atoms with van der Waals surface area (Å²) in [5.41, 5.74) is 0.295. The first-order valence-electron chi connectivity index (χ1n) is 13.2. The highest BCUT2D eigenvalue weighted by molar-refractivity contribution is 6.01. The van der Waals surface area contributed by atoms with Gasteiger partial charge in [0.05, 0.1) is 29.6 Å². The van der Waals surface area contributed by atoms with Gasteiger partial charge in [-0.05, 0) is 31.2 Å². The minimum Gasteiger partial charge on any atom is -0.491 e. The third-order valence-electron chi connectivity index (χ3n) is 6.92. The van der Waals surface area contributed by atoms with Crippen LogP contribution in [0.25, 0.3) is 0 Å². The number of nitrogens with one attached hydrogen (secondary N) is 2. The van der Waals surface area contributed by atoms with Crippen LogP contribution in [0.4, 0.5) is 25.0 Å². The maximum atomic E-state index is 14.0. The molecule has 0 aliphatic carbocycles. The Morgan fingerprint density at radius 2 is 1.86 bits per heavy atom. The van der Waals surface area contributed by atoms with E-state index in [1.165, 1.54) is 41.7 Å². The molecule has 3 atom stereocenters. The van der Waals surface area contributed by atoms with Gasteiger partial charge in [0, 0.05) is 63.4 Å². The van der Waals surface area contributed by atoms with Gasteiger partial charge < -0.3 is 29.9 Å². The second-order valence-corrected chi connectivity index (χ2v) is 10.1. The summed E-state index contributed by atoms with van der Waals surface area (Å²) in [5, 5.41) is 4.79. The van der Waals surface area contributed by atoms with Crippen molar-refractivity contribution < 1.29 is 32.6 Å². The molecule has 4 amide bonds. The van der Waals surface area contributed by atoms with E-state index in [0.717, 1.165) is 18.2 Å². The smallest absolute Gasteiger partial charge is 0.323 e. The first kappa shape index (κ1) is 30.3. The van der Waals surface area contributed by atoms with Gasteiger partial charge >= 0.3 is 6.03 Å². The molecule has 2 heterocycles. The maximum absolute atomic E-state index is 14.0. The van der Waals surface area contributed by atoms with Gasteiger partial charge in [-0.3, -0.25) is 14.6 Å². The fourth-order valence-corrected chi connectivity index (χ4v) is 4.57. The van der Waals surface area contributed by atoms with E-state index < -0.39 is 23.7 Å². The van der Waals surface area contributed by atoms with E-state index in [2.05, 4.69) is 20.6 Å². The topological polar surface area (TPSA) is 126 Å². The van der Waals surface area contributed by atoms with Crippen LogP contribution in [0.5, 0.6) is 5.75 Å². The summed E-state index contributed by atoms with van der Waals surface area (Å²) in [7, 11) is 3.19. The summed E-state index contributed by atoms with van der Waals surface area (Å²) in [6.07, 6.45) is 3.93. The van der Waals surface area contributed by atoms with Crippen LogP contribution in [0, 0.1) is 17.6 Å². The molecule has 3 aromatic rings. The summed E-state index contributed by atoms with van der Waals surface area (Å²) >= 11 is 0. The highest BCUT2D eigenvalue weighted by Gasteiger charge is 2.31. The molecule has 0 unspecified atom stereocenters. The van der Waals surface area contributed by atoms with Crippen LogP contribution in [0.15, 0.2) is 55.0 Å². The molecule has 0 saturated carbocycles. The molecular weight excluding hydrogens is 550 g/mol. The Labute approximate surface area is 241 Å². The van der Waals surface area contributed by atoms with Gasteiger partial charge in [-0.2, -0.15) is 0 Å². The monoisotopic (exact) mass is 582 g/mol. The number of urea groups is 1. The Morgan fingerprint density at radius 1 is 1.07 bits per heavy atom. The van der Waals surface area contributed by atoms with E-state index in [1.807, 2.05) is 13.8 Å². The van der Waals surface area contributed by atoms with E-state index in [0.29, 0.717) is 6.54 Å². The van der Waals surface area contributed by atoms with Gasteiger partial charge in [0.25, 0.3) is 11.8 Å². The van der Waals surface area contributed by atoms with Crippen molar-refractivity contribution in [3.8, 4) is 5.75 Å². The molecule has 1 aliphatic heterocycles. The molecule has 222 valence electrons. The molecule has 1 aliphatic rings. The zero-order valence-corrected chi connectivity index (χ0v) is 23.6. The number of fused-ring (bicyclic) bond motifs is 1. The van der Waals surface area contributed by atoms with Crippen LogP contribution >= 0.6 is 0 Å². The van der Waals surface area contributed by atoms with Crippen LogP contribution in [0.3, 0.4) is 0 Å². The number of halogens is 2. The molecule has 2 aromatic carbocycles. The van der Waals surface area contributed by atoms with Crippen molar-refractivity contribution in [1.82, 2.24) is 19.8 Å². The molecule has 0 bridgehead atoms. The number of amides is 4. The fourth-order valence-electron chi connectivity index (χ4n) is 4.57. The lowest BCUT2D eigenvalue weighted by Crippen LogP contribution is -2.48. The zero-order valence-electron chi connectivity index (χ0n) is 23.6. The number of rotatable bonds is 4. The Bertz CT molecular complexity index is 1440. The molecule has 1 aromatic heterocycles. The molecule has 0 radical (unpaired) electrons. The number of ether oxygens (including phenoxy) is 2. The van der Waals surface area contributed by atoms with Crippen LogP contribution in [0.1, 0.15) is 34.7 Å². The number of carbonyl (C=O) groups is 3. The van der Waals surface area contributed by atoms with E-state index in [4.69, 9.17) is 9.47 Å². The number of anilines is 2. The number of benzene rings is 2. The number of methoxy groups -OCH3 is 1. The van der Waals surface area contributed by atoms with Gasteiger partial charge in [0.15, 0.2) is 0 Å². The minimum atomic E-state index is -0.831. The average molecular weight is 583 g/mol. The van der Waals surface area contributed by atoms with Crippen molar-refractivity contribution in [1.29, 1.82) is 0 Å². The number of hydrogen-bond acceptors (Lipinski definition) is 7. The van der Waals surface area contributed by atoms with Crippen molar-refractivity contribution in [2.75, 3.05) is 44.5 Å². The molecule has 2 N–H and O–H groups in total. The summed E-state index contributed by atoms with van der Waals surface area (Å²) in [5.74, 6) is -2.19. The first-order valence-corrected chi connectivity index (χ1v) is 13.2. The van der Waals surface area contributed by atoms with Gasteiger partial charge in [0.2, 0.25) is 0 Å². The van der Waals surface area contributed by atoms with Crippen LogP contribution in [-0.4, -0.2) is 83.6 Å². The molecule has 42 heavy (non-hydrogen) atoms. The number of likely N-dealkylation sites (N-methyl/N-ethyl adjacent to an activating group) is 1. The Morgan fingerprint density at radius 3 is 2.57 bits per heavy atom. The van der Waals surface area contributed by atoms with Crippen LogP contribution < -0.4 is 15.4 Å². The summed E-state index contributed by atoms with van der Waals surface area (Å²) in [4.78, 5) is 50.7. The number of nitrogens with zero attached hydrogens (tertiary/aromatic N) is 4. The van der Waals surface area contributed by atoms with Crippen molar-refractivity contribution in [2.24, 2.45) is 5.92 Å². The quantitative estimate of drug-likeness (QED) is 0.476. The van der Waals surface area contributed by atoms with Crippen LogP contribution in [-0.2, 0) is 4.74 Å². The molecule has 11 nitrogen and oxygen atoms in total. The average Bonchev–Trinajstić information content (AvgIpc) is 2.98. The summed E-state index contributed by atoms with van der Waals surface area (Å²) in [6.45, 7) is 4.29. The van der Waals surface area contributed by atoms with E-state index in [1.54, 1.807) is 19.1 Å². The highest BCUT2D eigenvalue weighted by atomic mass is 19.1. The number of carbonyl (C=O) groups excluding carboxylic acids is 3. The fraction of sp³-hybridized carbons (Fsp3) is 0.345. The second-order valence-electron chi connectivity index (χ2n) is 10.1. The lowest BCUT2D eigenvalue weighted by atomic mass is 10.0. The lowest BCUT2D eigenvalue weighted by Gasteiger charge is -2.35. The van der Waals surface area contributed by atoms with E-state index >= 15 is 0 Å². The molecule has 0 spiro atoms. The first-order chi connectivity index (χ1) is 20.1. The molecule has 13 heteroatoms. The van der Waals surface area contributed by atoms with Gasteiger partial charge in [-0.1, -0.05) is 6.92 Å². The Hall–Kier alpha value is -4.65. The number of hydrogen-bond donors (Lipinski definition) is 2. The second kappa shape index (κ2) is 13.3. The van der Waals surface area contributed by atoms with E-state index in [9.17, 15) is 23.2 Å². The Balaban J connectivity index is 1.62.